The number of amides is 3. The summed E-state index contributed by atoms with van der Waals surface area (Å²) in [5, 5.41) is 5.79. The van der Waals surface area contributed by atoms with E-state index in [0.717, 1.165) is 21.6 Å². The van der Waals surface area contributed by atoms with Crippen LogP contribution in [0.3, 0.4) is 0 Å². The maximum Gasteiger partial charge on any atom is 0.471 e. The number of carbonyl (C=O) groups excluding carboxylic acids is 3. The summed E-state index contributed by atoms with van der Waals surface area (Å²) in [5.74, 6) is -2.35. The van der Waals surface area contributed by atoms with Gasteiger partial charge in [0, 0.05) is 38.6 Å². The Morgan fingerprint density at radius 3 is 2.39 bits per heavy atom. The van der Waals surface area contributed by atoms with Crippen molar-refractivity contribution in [2.45, 2.75) is 70.1 Å². The molecule has 1 aliphatic heterocycles. The van der Waals surface area contributed by atoms with E-state index < -0.39 is 18.1 Å². The van der Waals surface area contributed by atoms with Crippen molar-refractivity contribution in [3.8, 4) is 0 Å². The van der Waals surface area contributed by atoms with Gasteiger partial charge in [0.15, 0.2) is 0 Å². The molecule has 10 heteroatoms. The summed E-state index contributed by atoms with van der Waals surface area (Å²) in [7, 11) is 1.70. The van der Waals surface area contributed by atoms with Gasteiger partial charge in [0.2, 0.25) is 11.8 Å². The quantitative estimate of drug-likeness (QED) is 0.376. The summed E-state index contributed by atoms with van der Waals surface area (Å²) in [6.45, 7) is 4.31. The molecule has 2 N–H and O–H groups in total. The fourth-order valence-corrected chi connectivity index (χ4v) is 5.18. The number of likely N-dealkylation sites (tertiary alicyclic amines) is 1. The van der Waals surface area contributed by atoms with Gasteiger partial charge in [-0.1, -0.05) is 60.2 Å². The molecule has 1 aliphatic rings. The van der Waals surface area contributed by atoms with E-state index in [1.807, 2.05) is 49.4 Å². The molecule has 3 rings (SSSR count). The highest BCUT2D eigenvalue weighted by Crippen LogP contribution is 2.28. The van der Waals surface area contributed by atoms with Crippen molar-refractivity contribution in [1.82, 2.24) is 20.4 Å². The number of hydrogen-bond donors (Lipinski definition) is 2. The minimum absolute atomic E-state index is 0.0857. The second kappa shape index (κ2) is 15.0. The molecule has 224 valence electrons. The average Bonchev–Trinajstić information content (AvgIpc) is 3.42. The number of alkyl halides is 3. The average molecular weight is 575 g/mol. The first-order chi connectivity index (χ1) is 19.5. The molecule has 1 heterocycles. The molecule has 3 atom stereocenters. The van der Waals surface area contributed by atoms with Crippen molar-refractivity contribution in [3.63, 3.8) is 0 Å². The van der Waals surface area contributed by atoms with E-state index in [-0.39, 0.29) is 49.7 Å². The summed E-state index contributed by atoms with van der Waals surface area (Å²) in [5.41, 5.74) is 2.89. The van der Waals surface area contributed by atoms with Gasteiger partial charge in [-0.15, -0.1) is 0 Å². The Morgan fingerprint density at radius 2 is 1.76 bits per heavy atom. The van der Waals surface area contributed by atoms with Crippen molar-refractivity contribution in [2.24, 2.45) is 0 Å². The summed E-state index contributed by atoms with van der Waals surface area (Å²) >= 11 is 0. The van der Waals surface area contributed by atoms with Crippen molar-refractivity contribution in [2.75, 3.05) is 33.2 Å². The smallest absolute Gasteiger partial charge is 0.355 e. The van der Waals surface area contributed by atoms with Crippen LogP contribution in [0.5, 0.6) is 0 Å². The minimum atomic E-state index is -4.99. The lowest BCUT2D eigenvalue weighted by Gasteiger charge is -2.32. The van der Waals surface area contributed by atoms with Gasteiger partial charge in [0.25, 0.3) is 0 Å². The number of rotatable bonds is 13. The number of halogens is 3. The normalized spacial score (nSPS) is 16.7. The third-order valence-electron chi connectivity index (χ3n) is 7.76. The lowest BCUT2D eigenvalue weighted by molar-refractivity contribution is -0.186. The van der Waals surface area contributed by atoms with Gasteiger partial charge in [0.05, 0.1) is 6.04 Å². The van der Waals surface area contributed by atoms with Gasteiger partial charge in [0.1, 0.15) is 0 Å². The van der Waals surface area contributed by atoms with Gasteiger partial charge in [-0.05, 0) is 63.6 Å². The predicted molar refractivity (Wildman–Crippen MR) is 152 cm³/mol. The van der Waals surface area contributed by atoms with Gasteiger partial charge in [-0.25, -0.2) is 0 Å². The molecule has 1 fully saturated rings. The van der Waals surface area contributed by atoms with Crippen LogP contribution < -0.4 is 10.6 Å². The van der Waals surface area contributed by atoms with Crippen LogP contribution in [-0.4, -0.2) is 79.0 Å². The number of nitrogens with one attached hydrogen (secondary N) is 2. The Bertz CT molecular complexity index is 1140. The Kier molecular flexibility index (Phi) is 11.8. The Balaban J connectivity index is 1.70. The van der Waals surface area contributed by atoms with E-state index in [0.29, 0.717) is 32.4 Å². The molecular weight excluding hydrogens is 533 g/mol. The maximum absolute atomic E-state index is 13.6. The van der Waals surface area contributed by atoms with Crippen molar-refractivity contribution >= 4 is 17.7 Å². The molecule has 7 nitrogen and oxygen atoms in total. The van der Waals surface area contributed by atoms with Crippen LogP contribution in [0.25, 0.3) is 0 Å². The van der Waals surface area contributed by atoms with Crippen molar-refractivity contribution < 1.29 is 27.6 Å². The van der Waals surface area contributed by atoms with E-state index in [1.54, 1.807) is 31.0 Å². The summed E-state index contributed by atoms with van der Waals surface area (Å²) in [6.07, 6.45) is -2.81. The molecule has 0 bridgehead atoms. The van der Waals surface area contributed by atoms with E-state index >= 15 is 0 Å². The molecule has 2 aromatic carbocycles. The minimum Gasteiger partial charge on any atom is -0.355 e. The first-order valence-electron chi connectivity index (χ1n) is 14.2. The summed E-state index contributed by atoms with van der Waals surface area (Å²) in [4.78, 5) is 40.6. The van der Waals surface area contributed by atoms with E-state index in [4.69, 9.17) is 0 Å². The highest BCUT2D eigenvalue weighted by Gasteiger charge is 2.44. The lowest BCUT2D eigenvalue weighted by Crippen LogP contribution is -2.49. The highest BCUT2D eigenvalue weighted by molar-refractivity contribution is 5.82. The molecule has 3 amide bonds. The molecule has 0 unspecified atom stereocenters. The predicted octanol–water partition coefficient (Wildman–Crippen LogP) is 4.21. The van der Waals surface area contributed by atoms with Crippen LogP contribution in [0.2, 0.25) is 0 Å². The van der Waals surface area contributed by atoms with Crippen LogP contribution in [0.1, 0.15) is 55.2 Å². The Hall–Kier alpha value is -3.40. The van der Waals surface area contributed by atoms with Crippen LogP contribution >= 0.6 is 0 Å². The van der Waals surface area contributed by atoms with Crippen LogP contribution in [0.4, 0.5) is 13.2 Å². The molecule has 0 aromatic heterocycles. The first-order valence-corrected chi connectivity index (χ1v) is 14.2. The standard InChI is InChI=1S/C31H41F3N4O3/c1-22-11-13-25(14-12-22)26(15-17-36-29(40)23(2)35-3)20-28(39)38-18-7-10-27(38)21-37(30(41)31(32,33)34)19-16-24-8-5-4-6-9-24/h4-6,8-9,11-14,23,26-27,35H,7,10,15-21H2,1-3H3,(H,36,40)/t23-,26+,27-/m0/s1. The molecule has 0 saturated carbocycles. The number of benzene rings is 2. The maximum atomic E-state index is 13.6. The van der Waals surface area contributed by atoms with Crippen LogP contribution in [0.15, 0.2) is 54.6 Å². The van der Waals surface area contributed by atoms with E-state index in [9.17, 15) is 27.6 Å². The third kappa shape index (κ3) is 9.59. The van der Waals surface area contributed by atoms with Crippen LogP contribution in [-0.2, 0) is 20.8 Å². The highest BCUT2D eigenvalue weighted by atomic mass is 19.4. The van der Waals surface area contributed by atoms with Gasteiger partial charge in [-0.2, -0.15) is 13.2 Å². The Morgan fingerprint density at radius 1 is 1.07 bits per heavy atom. The van der Waals surface area contributed by atoms with Crippen LogP contribution in [0, 0.1) is 6.92 Å². The van der Waals surface area contributed by atoms with E-state index in [2.05, 4.69) is 10.6 Å². The largest absolute Gasteiger partial charge is 0.471 e. The molecular formula is C31H41F3N4O3. The number of aryl methyl sites for hydroxylation is 1. The van der Waals surface area contributed by atoms with Crippen molar-refractivity contribution in [1.29, 1.82) is 0 Å². The Labute approximate surface area is 240 Å². The van der Waals surface area contributed by atoms with Gasteiger partial charge >= 0.3 is 12.1 Å². The first kappa shape index (κ1) is 32.1. The molecule has 0 spiro atoms. The zero-order valence-electron chi connectivity index (χ0n) is 24.0. The molecule has 0 radical (unpaired) electrons. The fourth-order valence-electron chi connectivity index (χ4n) is 5.18. The second-order valence-corrected chi connectivity index (χ2v) is 10.8. The number of nitrogens with zero attached hydrogens (tertiary/aromatic N) is 2. The zero-order valence-corrected chi connectivity index (χ0v) is 24.0. The zero-order chi connectivity index (χ0) is 30.0. The third-order valence-corrected chi connectivity index (χ3v) is 7.76. The molecule has 2 aromatic rings. The fraction of sp³-hybridized carbons (Fsp3) is 0.516. The molecule has 41 heavy (non-hydrogen) atoms. The molecule has 0 aliphatic carbocycles. The number of carbonyl (C=O) groups is 3. The monoisotopic (exact) mass is 574 g/mol. The number of hydrogen-bond acceptors (Lipinski definition) is 4. The van der Waals surface area contributed by atoms with E-state index in [1.165, 1.54) is 0 Å². The second-order valence-electron chi connectivity index (χ2n) is 10.8. The SMILES string of the molecule is CN[C@@H](C)C(=O)NCC[C@H](CC(=O)N1CCC[C@H]1CN(CCc1ccccc1)C(=O)C(F)(F)F)c1ccc(C)cc1. The number of likely N-dealkylation sites (N-methyl/N-ethyl adjacent to an activating group) is 1. The van der Waals surface area contributed by atoms with Gasteiger partial charge < -0.3 is 20.4 Å². The lowest BCUT2D eigenvalue weighted by atomic mass is 9.91. The van der Waals surface area contributed by atoms with Crippen molar-refractivity contribution in [3.05, 3.63) is 71.3 Å². The topological polar surface area (TPSA) is 81.8 Å². The molecule has 1 saturated heterocycles. The summed E-state index contributed by atoms with van der Waals surface area (Å²) in [6, 6.07) is 16.1. The summed E-state index contributed by atoms with van der Waals surface area (Å²) < 4.78 is 40.5. The van der Waals surface area contributed by atoms with Gasteiger partial charge in [-0.3, -0.25) is 14.4 Å².